The van der Waals surface area contributed by atoms with Gasteiger partial charge in [0, 0.05) is 6.20 Å². The number of nitrogens with one attached hydrogen (secondary N) is 2. The number of nitrogens with zero attached hydrogens (tertiary/aromatic N) is 3. The van der Waals surface area contributed by atoms with Gasteiger partial charge in [-0.25, -0.2) is 9.97 Å². The molecule has 2 aromatic heterocycles. The van der Waals surface area contributed by atoms with Crippen LogP contribution in [0.5, 0.6) is 0 Å². The number of carbonyl (C=O) groups is 1. The second-order valence-electron chi connectivity index (χ2n) is 5.15. The number of anilines is 1. The van der Waals surface area contributed by atoms with Gasteiger partial charge in [0.25, 0.3) is 5.91 Å². The summed E-state index contributed by atoms with van der Waals surface area (Å²) in [5.41, 5.74) is 2.21. The maximum absolute atomic E-state index is 12.1. The Morgan fingerprint density at radius 3 is 2.90 bits per heavy atom. The Labute approximate surface area is 123 Å². The van der Waals surface area contributed by atoms with Crippen molar-refractivity contribution in [3.63, 3.8) is 0 Å². The quantitative estimate of drug-likeness (QED) is 0.898. The maximum atomic E-state index is 12.1. The zero-order valence-corrected chi connectivity index (χ0v) is 11.8. The zero-order valence-electron chi connectivity index (χ0n) is 11.8. The van der Waals surface area contributed by atoms with Crippen LogP contribution in [0.3, 0.4) is 0 Å². The van der Waals surface area contributed by atoms with Crippen LogP contribution in [0.1, 0.15) is 40.6 Å². The number of aryl methyl sites for hydroxylation is 1. The topological polar surface area (TPSA) is 79.8 Å². The van der Waals surface area contributed by atoms with Crippen molar-refractivity contribution in [1.29, 1.82) is 0 Å². The average Bonchev–Trinajstić information content (AvgIpc) is 3.01. The van der Waals surface area contributed by atoms with E-state index >= 15 is 0 Å². The van der Waals surface area contributed by atoms with Crippen LogP contribution in [0, 0.1) is 6.92 Å². The molecule has 21 heavy (non-hydrogen) atoms. The van der Waals surface area contributed by atoms with Crippen LogP contribution in [-0.4, -0.2) is 27.4 Å². The highest BCUT2D eigenvalue weighted by Crippen LogP contribution is 2.20. The Hall–Kier alpha value is -2.34. The summed E-state index contributed by atoms with van der Waals surface area (Å²) in [6.07, 6.45) is 7.05. The van der Waals surface area contributed by atoms with Crippen molar-refractivity contribution in [2.75, 3.05) is 11.9 Å². The van der Waals surface area contributed by atoms with Crippen LogP contribution < -0.4 is 10.6 Å². The van der Waals surface area contributed by atoms with Gasteiger partial charge in [0.15, 0.2) is 0 Å². The van der Waals surface area contributed by atoms with Crippen LogP contribution in [0.2, 0.25) is 0 Å². The van der Waals surface area contributed by atoms with Gasteiger partial charge in [-0.3, -0.25) is 9.78 Å². The molecule has 1 fully saturated rings. The van der Waals surface area contributed by atoms with Crippen molar-refractivity contribution in [3.05, 3.63) is 47.7 Å². The first-order valence-electron chi connectivity index (χ1n) is 7.02. The third kappa shape index (κ3) is 3.22. The van der Waals surface area contributed by atoms with Crippen LogP contribution >= 0.6 is 0 Å². The van der Waals surface area contributed by atoms with Crippen molar-refractivity contribution in [2.45, 2.75) is 25.8 Å². The molecule has 6 nitrogen and oxygen atoms in total. The molecule has 2 N–H and O–H groups in total. The average molecular weight is 283 g/mol. The fraction of sp³-hybridized carbons (Fsp3) is 0.333. The number of rotatable bonds is 3. The van der Waals surface area contributed by atoms with E-state index in [0.29, 0.717) is 11.5 Å². The van der Waals surface area contributed by atoms with E-state index in [-0.39, 0.29) is 11.9 Å². The molecule has 0 aromatic carbocycles. The second-order valence-corrected chi connectivity index (χ2v) is 5.15. The Bertz CT molecular complexity index is 635. The normalized spacial score (nSPS) is 17.7. The highest BCUT2D eigenvalue weighted by atomic mass is 16.1. The molecule has 0 spiro atoms. The van der Waals surface area contributed by atoms with E-state index in [1.54, 1.807) is 12.4 Å². The number of amides is 1. The van der Waals surface area contributed by atoms with Gasteiger partial charge in [-0.05, 0) is 44.0 Å². The summed E-state index contributed by atoms with van der Waals surface area (Å²) in [5.74, 6) is 0.217. The standard InChI is InChI=1S/C15H17N5O/c1-10-4-6-17-14(7-10)20-15(21)13-9-18-12(8-19-13)11-3-2-5-16-11/h4,6-9,11,16H,2-3,5H2,1H3,(H,17,20,21)/t11-/m1/s1. The molecular weight excluding hydrogens is 266 g/mol. The van der Waals surface area contributed by atoms with Gasteiger partial charge in [0.1, 0.15) is 11.5 Å². The maximum Gasteiger partial charge on any atom is 0.277 e. The van der Waals surface area contributed by atoms with Gasteiger partial charge in [0.2, 0.25) is 0 Å². The third-order valence-electron chi connectivity index (χ3n) is 3.48. The van der Waals surface area contributed by atoms with Crippen molar-refractivity contribution < 1.29 is 4.79 Å². The lowest BCUT2D eigenvalue weighted by molar-refractivity contribution is 0.102. The zero-order chi connectivity index (χ0) is 14.7. The Kier molecular flexibility index (Phi) is 3.87. The van der Waals surface area contributed by atoms with Crippen molar-refractivity contribution in [3.8, 4) is 0 Å². The predicted molar refractivity (Wildman–Crippen MR) is 78.9 cm³/mol. The highest BCUT2D eigenvalue weighted by Gasteiger charge is 2.18. The van der Waals surface area contributed by atoms with E-state index in [4.69, 9.17) is 0 Å². The fourth-order valence-electron chi connectivity index (χ4n) is 2.36. The van der Waals surface area contributed by atoms with Crippen LogP contribution in [-0.2, 0) is 0 Å². The van der Waals surface area contributed by atoms with Crippen molar-refractivity contribution in [2.24, 2.45) is 0 Å². The molecule has 1 amide bonds. The Balaban J connectivity index is 1.70. The molecule has 1 atom stereocenters. The van der Waals surface area contributed by atoms with Crippen molar-refractivity contribution >= 4 is 11.7 Å². The van der Waals surface area contributed by atoms with Gasteiger partial charge >= 0.3 is 0 Å². The molecule has 0 bridgehead atoms. The first-order chi connectivity index (χ1) is 10.2. The molecule has 0 radical (unpaired) electrons. The summed E-state index contributed by atoms with van der Waals surface area (Å²) in [6, 6.07) is 3.94. The molecule has 1 aliphatic heterocycles. The lowest BCUT2D eigenvalue weighted by Crippen LogP contribution is -2.18. The second kappa shape index (κ2) is 5.97. The molecule has 2 aromatic rings. The van der Waals surface area contributed by atoms with E-state index in [0.717, 1.165) is 30.6 Å². The molecule has 3 heterocycles. The summed E-state index contributed by atoms with van der Waals surface area (Å²) in [4.78, 5) is 24.7. The Morgan fingerprint density at radius 2 is 2.24 bits per heavy atom. The molecule has 0 aliphatic carbocycles. The van der Waals surface area contributed by atoms with Gasteiger partial charge in [-0.2, -0.15) is 0 Å². The Morgan fingerprint density at radius 1 is 1.33 bits per heavy atom. The molecule has 0 unspecified atom stereocenters. The first-order valence-corrected chi connectivity index (χ1v) is 7.02. The summed E-state index contributed by atoms with van der Waals surface area (Å²) in [5, 5.41) is 6.07. The van der Waals surface area contributed by atoms with Crippen LogP contribution in [0.15, 0.2) is 30.7 Å². The molecule has 1 saturated heterocycles. The predicted octanol–water partition coefficient (Wildman–Crippen LogP) is 1.86. The van der Waals surface area contributed by atoms with E-state index in [1.807, 2.05) is 19.1 Å². The minimum absolute atomic E-state index is 0.257. The summed E-state index contributed by atoms with van der Waals surface area (Å²) in [7, 11) is 0. The number of pyridine rings is 1. The summed E-state index contributed by atoms with van der Waals surface area (Å²) in [6.45, 7) is 2.95. The lowest BCUT2D eigenvalue weighted by atomic mass is 10.2. The third-order valence-corrected chi connectivity index (χ3v) is 3.48. The first kappa shape index (κ1) is 13.6. The number of hydrogen-bond donors (Lipinski definition) is 2. The minimum atomic E-state index is -0.300. The molecule has 0 saturated carbocycles. The van der Waals surface area contributed by atoms with Gasteiger partial charge in [-0.15, -0.1) is 0 Å². The van der Waals surface area contributed by atoms with E-state index < -0.39 is 0 Å². The van der Waals surface area contributed by atoms with E-state index in [2.05, 4.69) is 25.6 Å². The fourth-order valence-corrected chi connectivity index (χ4v) is 2.36. The van der Waals surface area contributed by atoms with E-state index in [9.17, 15) is 4.79 Å². The number of aromatic nitrogens is 3. The molecule has 108 valence electrons. The van der Waals surface area contributed by atoms with Crippen LogP contribution in [0.4, 0.5) is 5.82 Å². The monoisotopic (exact) mass is 283 g/mol. The SMILES string of the molecule is Cc1ccnc(NC(=O)c2cnc([C@H]3CCCN3)cn2)c1. The minimum Gasteiger partial charge on any atom is -0.309 e. The molecule has 3 rings (SSSR count). The van der Waals surface area contributed by atoms with Gasteiger partial charge in [0.05, 0.1) is 24.1 Å². The molecule has 6 heteroatoms. The van der Waals surface area contributed by atoms with E-state index in [1.165, 1.54) is 6.20 Å². The number of hydrogen-bond acceptors (Lipinski definition) is 5. The highest BCUT2D eigenvalue weighted by molar-refractivity contribution is 6.02. The van der Waals surface area contributed by atoms with Gasteiger partial charge < -0.3 is 10.6 Å². The smallest absolute Gasteiger partial charge is 0.277 e. The van der Waals surface area contributed by atoms with Gasteiger partial charge in [-0.1, -0.05) is 0 Å². The largest absolute Gasteiger partial charge is 0.309 e. The van der Waals surface area contributed by atoms with Crippen LogP contribution in [0.25, 0.3) is 0 Å². The van der Waals surface area contributed by atoms with Crippen molar-refractivity contribution in [1.82, 2.24) is 20.3 Å². The lowest BCUT2D eigenvalue weighted by Gasteiger charge is -2.09. The summed E-state index contributed by atoms with van der Waals surface area (Å²) >= 11 is 0. The molecule has 1 aliphatic rings. The summed E-state index contributed by atoms with van der Waals surface area (Å²) < 4.78 is 0. The molecular formula is C15H17N5O. The number of carbonyl (C=O) groups excluding carboxylic acids is 1.